The van der Waals surface area contributed by atoms with Crippen LogP contribution in [0.1, 0.15) is 25.8 Å². The Morgan fingerprint density at radius 3 is 3.10 bits per heavy atom. The molecule has 0 radical (unpaired) electrons. The van der Waals surface area contributed by atoms with Crippen molar-refractivity contribution in [2.24, 2.45) is 5.92 Å². The molecule has 3 unspecified atom stereocenters. The van der Waals surface area contributed by atoms with Gasteiger partial charge in [0.1, 0.15) is 0 Å². The molecule has 1 aromatic rings. The van der Waals surface area contributed by atoms with Crippen molar-refractivity contribution >= 4 is 17.2 Å². The first-order chi connectivity index (χ1) is 9.70. The number of amides is 1. The number of hydrogen-bond donors (Lipinski definition) is 2. The highest BCUT2D eigenvalue weighted by Crippen LogP contribution is 2.15. The Morgan fingerprint density at radius 2 is 2.40 bits per heavy atom. The van der Waals surface area contributed by atoms with Gasteiger partial charge in [-0.25, -0.2) is 0 Å². The first kappa shape index (κ1) is 15.5. The van der Waals surface area contributed by atoms with Gasteiger partial charge >= 0.3 is 0 Å². The molecule has 1 aromatic heterocycles. The van der Waals surface area contributed by atoms with Crippen LogP contribution < -0.4 is 10.6 Å². The van der Waals surface area contributed by atoms with Crippen LogP contribution in [0.3, 0.4) is 0 Å². The zero-order valence-electron chi connectivity index (χ0n) is 12.2. The molecule has 0 bridgehead atoms. The van der Waals surface area contributed by atoms with Crippen molar-refractivity contribution in [1.29, 1.82) is 0 Å². The minimum Gasteiger partial charge on any atom is -0.379 e. The third kappa shape index (κ3) is 4.30. The van der Waals surface area contributed by atoms with Crippen LogP contribution in [-0.2, 0) is 16.0 Å². The summed E-state index contributed by atoms with van der Waals surface area (Å²) in [5, 5.41) is 10.7. The molecule has 0 aliphatic carbocycles. The third-order valence-electron chi connectivity index (χ3n) is 3.58. The molecular weight excluding hydrogens is 272 g/mol. The summed E-state index contributed by atoms with van der Waals surface area (Å²) >= 11 is 1.69. The Kier molecular flexibility index (Phi) is 6.01. The molecule has 0 spiro atoms. The van der Waals surface area contributed by atoms with Crippen LogP contribution in [0, 0.1) is 5.92 Å². The van der Waals surface area contributed by atoms with Crippen molar-refractivity contribution < 1.29 is 9.53 Å². The monoisotopic (exact) mass is 296 g/mol. The summed E-state index contributed by atoms with van der Waals surface area (Å²) in [7, 11) is 0. The topological polar surface area (TPSA) is 50.4 Å². The molecule has 1 aliphatic rings. The summed E-state index contributed by atoms with van der Waals surface area (Å²) in [5.74, 6) is 0.0466. The minimum atomic E-state index is -0.0634. The highest BCUT2D eigenvalue weighted by molar-refractivity contribution is 7.07. The Bertz CT molecular complexity index is 408. The molecule has 0 aromatic carbocycles. The van der Waals surface area contributed by atoms with Crippen LogP contribution in [-0.4, -0.2) is 37.7 Å². The lowest BCUT2D eigenvalue weighted by Crippen LogP contribution is -2.46. The normalized spacial score (nSPS) is 23.7. The van der Waals surface area contributed by atoms with Gasteiger partial charge in [-0.2, -0.15) is 11.3 Å². The fourth-order valence-corrected chi connectivity index (χ4v) is 3.19. The maximum atomic E-state index is 12.3. The number of ether oxygens (including phenoxy) is 1. The van der Waals surface area contributed by atoms with E-state index < -0.39 is 0 Å². The van der Waals surface area contributed by atoms with E-state index in [0.717, 1.165) is 19.4 Å². The second-order valence-electron chi connectivity index (χ2n) is 5.45. The van der Waals surface area contributed by atoms with Gasteiger partial charge in [0, 0.05) is 12.1 Å². The van der Waals surface area contributed by atoms with Gasteiger partial charge in [0.2, 0.25) is 5.91 Å². The molecule has 20 heavy (non-hydrogen) atoms. The Balaban J connectivity index is 1.80. The standard InChI is InChI=1S/C15H24N2O2S/c1-3-5-16-14-9-19-8-13(14)15(18)17-11(2)7-12-4-6-20-10-12/h4,6,10-11,13-14,16H,3,5,7-9H2,1-2H3,(H,17,18). The van der Waals surface area contributed by atoms with Crippen molar-refractivity contribution in [1.82, 2.24) is 10.6 Å². The van der Waals surface area contributed by atoms with Crippen molar-refractivity contribution in [2.45, 2.75) is 38.8 Å². The molecule has 2 N–H and O–H groups in total. The van der Waals surface area contributed by atoms with Gasteiger partial charge in [-0.15, -0.1) is 0 Å². The molecule has 2 rings (SSSR count). The lowest BCUT2D eigenvalue weighted by Gasteiger charge is -2.21. The van der Waals surface area contributed by atoms with Crippen LogP contribution in [0.15, 0.2) is 16.8 Å². The number of carbonyl (C=O) groups is 1. The maximum absolute atomic E-state index is 12.3. The van der Waals surface area contributed by atoms with Crippen molar-refractivity contribution in [3.63, 3.8) is 0 Å². The molecular formula is C15H24N2O2S. The quantitative estimate of drug-likeness (QED) is 0.807. The first-order valence-corrected chi connectivity index (χ1v) is 8.27. The summed E-state index contributed by atoms with van der Waals surface area (Å²) in [6.07, 6.45) is 1.95. The van der Waals surface area contributed by atoms with E-state index in [9.17, 15) is 4.79 Å². The van der Waals surface area contributed by atoms with Gasteiger partial charge in [0.15, 0.2) is 0 Å². The Labute approximate surface area is 124 Å². The molecule has 5 heteroatoms. The number of rotatable bonds is 7. The zero-order chi connectivity index (χ0) is 14.4. The van der Waals surface area contributed by atoms with Gasteiger partial charge in [-0.3, -0.25) is 4.79 Å². The molecule has 1 aliphatic heterocycles. The van der Waals surface area contributed by atoms with Gasteiger partial charge in [0.05, 0.1) is 19.1 Å². The fraction of sp³-hybridized carbons (Fsp3) is 0.667. The van der Waals surface area contributed by atoms with E-state index in [1.54, 1.807) is 11.3 Å². The molecule has 1 saturated heterocycles. The maximum Gasteiger partial charge on any atom is 0.227 e. The predicted molar refractivity (Wildman–Crippen MR) is 82.0 cm³/mol. The summed E-state index contributed by atoms with van der Waals surface area (Å²) in [4.78, 5) is 12.3. The molecule has 0 saturated carbocycles. The van der Waals surface area contributed by atoms with Crippen LogP contribution in [0.2, 0.25) is 0 Å². The van der Waals surface area contributed by atoms with E-state index in [0.29, 0.717) is 13.2 Å². The van der Waals surface area contributed by atoms with E-state index in [4.69, 9.17) is 4.74 Å². The van der Waals surface area contributed by atoms with E-state index in [-0.39, 0.29) is 23.9 Å². The number of hydrogen-bond acceptors (Lipinski definition) is 4. The Hall–Kier alpha value is -0.910. The van der Waals surface area contributed by atoms with Crippen molar-refractivity contribution in [3.05, 3.63) is 22.4 Å². The first-order valence-electron chi connectivity index (χ1n) is 7.33. The molecule has 1 fully saturated rings. The highest BCUT2D eigenvalue weighted by Gasteiger charge is 2.33. The second kappa shape index (κ2) is 7.76. The molecule has 112 valence electrons. The second-order valence-corrected chi connectivity index (χ2v) is 6.23. The lowest BCUT2D eigenvalue weighted by molar-refractivity contribution is -0.126. The third-order valence-corrected chi connectivity index (χ3v) is 4.32. The van der Waals surface area contributed by atoms with Gasteiger partial charge in [0.25, 0.3) is 0 Å². The van der Waals surface area contributed by atoms with Gasteiger partial charge in [-0.1, -0.05) is 6.92 Å². The number of nitrogens with one attached hydrogen (secondary N) is 2. The SMILES string of the molecule is CCCNC1COCC1C(=O)NC(C)Cc1ccsc1. The van der Waals surface area contributed by atoms with E-state index in [2.05, 4.69) is 41.3 Å². The van der Waals surface area contributed by atoms with Crippen molar-refractivity contribution in [3.8, 4) is 0 Å². The average Bonchev–Trinajstić information content (AvgIpc) is 3.06. The molecule has 2 heterocycles. The van der Waals surface area contributed by atoms with E-state index in [1.165, 1.54) is 5.56 Å². The van der Waals surface area contributed by atoms with Crippen LogP contribution in [0.5, 0.6) is 0 Å². The lowest BCUT2D eigenvalue weighted by atomic mass is 10.0. The molecule has 4 nitrogen and oxygen atoms in total. The van der Waals surface area contributed by atoms with Crippen LogP contribution in [0.4, 0.5) is 0 Å². The molecule has 1 amide bonds. The summed E-state index contributed by atoms with van der Waals surface area (Å²) < 4.78 is 5.45. The van der Waals surface area contributed by atoms with Gasteiger partial charge < -0.3 is 15.4 Å². The summed E-state index contributed by atoms with van der Waals surface area (Å²) in [6, 6.07) is 2.42. The highest BCUT2D eigenvalue weighted by atomic mass is 32.1. The number of carbonyl (C=O) groups excluding carboxylic acids is 1. The predicted octanol–water partition coefficient (Wildman–Crippen LogP) is 1.81. The van der Waals surface area contributed by atoms with E-state index >= 15 is 0 Å². The average molecular weight is 296 g/mol. The minimum absolute atomic E-state index is 0.0634. The Morgan fingerprint density at radius 1 is 1.55 bits per heavy atom. The van der Waals surface area contributed by atoms with Crippen LogP contribution >= 0.6 is 11.3 Å². The van der Waals surface area contributed by atoms with Crippen molar-refractivity contribution in [2.75, 3.05) is 19.8 Å². The number of thiophene rings is 1. The van der Waals surface area contributed by atoms with Gasteiger partial charge in [-0.05, 0) is 48.7 Å². The largest absolute Gasteiger partial charge is 0.379 e. The zero-order valence-corrected chi connectivity index (χ0v) is 13.0. The summed E-state index contributed by atoms with van der Waals surface area (Å²) in [6.45, 7) is 6.28. The summed E-state index contributed by atoms with van der Waals surface area (Å²) in [5.41, 5.74) is 1.28. The van der Waals surface area contributed by atoms with E-state index in [1.807, 2.05) is 0 Å². The van der Waals surface area contributed by atoms with Crippen LogP contribution in [0.25, 0.3) is 0 Å². The smallest absolute Gasteiger partial charge is 0.227 e. The fourth-order valence-electron chi connectivity index (χ4n) is 2.51. The molecule has 3 atom stereocenters.